The van der Waals surface area contributed by atoms with Crippen LogP contribution in [0.4, 0.5) is 5.69 Å². The van der Waals surface area contributed by atoms with E-state index >= 15 is 0 Å². The van der Waals surface area contributed by atoms with Crippen molar-refractivity contribution in [3.63, 3.8) is 0 Å². The molecule has 0 aliphatic carbocycles. The third kappa shape index (κ3) is 2.42. The van der Waals surface area contributed by atoms with Crippen LogP contribution in [0.15, 0.2) is 24.3 Å². The van der Waals surface area contributed by atoms with Gasteiger partial charge in [-0.3, -0.25) is 0 Å². The van der Waals surface area contributed by atoms with Gasteiger partial charge in [0.1, 0.15) is 9.69 Å². The second-order valence-corrected chi connectivity index (χ2v) is 5.32. The van der Waals surface area contributed by atoms with E-state index in [1.807, 2.05) is 14.1 Å². The van der Waals surface area contributed by atoms with Gasteiger partial charge in [0.15, 0.2) is 0 Å². The first-order valence-electron chi connectivity index (χ1n) is 4.66. The van der Waals surface area contributed by atoms with Crippen LogP contribution in [0.5, 0.6) is 0 Å². The summed E-state index contributed by atoms with van der Waals surface area (Å²) in [6, 6.07) is 8.46. The van der Waals surface area contributed by atoms with Crippen LogP contribution in [0.1, 0.15) is 10.9 Å². The average Bonchev–Trinajstić information content (AvgIpc) is 2.65. The second kappa shape index (κ2) is 4.38. The third-order valence-electron chi connectivity index (χ3n) is 2.24. The van der Waals surface area contributed by atoms with Gasteiger partial charge in [-0.15, -0.1) is 0 Å². The molecule has 1 heterocycles. The molecule has 5 heteroatoms. The molecular formula is C10H13N3S2. The summed E-state index contributed by atoms with van der Waals surface area (Å²) in [5.41, 5.74) is 8.51. The molecule has 1 aromatic rings. The zero-order valence-electron chi connectivity index (χ0n) is 8.65. The quantitative estimate of drug-likeness (QED) is 0.769. The van der Waals surface area contributed by atoms with Gasteiger partial charge in [0.2, 0.25) is 0 Å². The van der Waals surface area contributed by atoms with E-state index in [-0.39, 0.29) is 5.37 Å². The smallest absolute Gasteiger partial charge is 0.149 e. The van der Waals surface area contributed by atoms with Crippen LogP contribution < -0.4 is 15.8 Å². The van der Waals surface area contributed by atoms with Crippen molar-refractivity contribution in [3.8, 4) is 0 Å². The Bertz CT molecular complexity index is 361. The number of hydrazine groups is 1. The summed E-state index contributed by atoms with van der Waals surface area (Å²) < 4.78 is 0.802. The van der Waals surface area contributed by atoms with Gasteiger partial charge in [0, 0.05) is 19.8 Å². The lowest BCUT2D eigenvalue weighted by molar-refractivity contribution is 0.668. The number of nitrogens with one attached hydrogen (secondary N) is 2. The maximum atomic E-state index is 5.04. The Morgan fingerprint density at radius 1 is 1.27 bits per heavy atom. The zero-order valence-corrected chi connectivity index (χ0v) is 10.3. The molecule has 2 rings (SSSR count). The molecule has 80 valence electrons. The fourth-order valence-electron chi connectivity index (χ4n) is 1.39. The molecule has 1 atom stereocenters. The van der Waals surface area contributed by atoms with Crippen LogP contribution >= 0.6 is 24.0 Å². The van der Waals surface area contributed by atoms with E-state index in [9.17, 15) is 0 Å². The molecule has 1 unspecified atom stereocenters. The molecule has 0 saturated carbocycles. The first kappa shape index (κ1) is 10.7. The minimum Gasteiger partial charge on any atom is -0.378 e. The summed E-state index contributed by atoms with van der Waals surface area (Å²) in [4.78, 5) is 2.09. The number of hydrogen-bond donors (Lipinski definition) is 2. The highest BCUT2D eigenvalue weighted by molar-refractivity contribution is 8.23. The van der Waals surface area contributed by atoms with Crippen molar-refractivity contribution in [2.24, 2.45) is 0 Å². The summed E-state index contributed by atoms with van der Waals surface area (Å²) >= 11 is 6.67. The molecule has 1 aromatic carbocycles. The van der Waals surface area contributed by atoms with Gasteiger partial charge in [-0.05, 0) is 17.7 Å². The molecule has 15 heavy (non-hydrogen) atoms. The first-order chi connectivity index (χ1) is 7.16. The van der Waals surface area contributed by atoms with E-state index < -0.39 is 0 Å². The largest absolute Gasteiger partial charge is 0.378 e. The highest BCUT2D eigenvalue weighted by atomic mass is 32.2. The molecule has 0 bridgehead atoms. The molecule has 1 saturated heterocycles. The van der Waals surface area contributed by atoms with Crippen molar-refractivity contribution in [2.45, 2.75) is 5.37 Å². The molecule has 1 fully saturated rings. The van der Waals surface area contributed by atoms with Gasteiger partial charge in [-0.2, -0.15) is 0 Å². The second-order valence-electron chi connectivity index (χ2n) is 3.54. The molecule has 0 spiro atoms. The number of benzene rings is 1. The third-order valence-corrected chi connectivity index (χ3v) is 3.58. The van der Waals surface area contributed by atoms with Crippen LogP contribution in [0, 0.1) is 0 Å². The standard InChI is InChI=1S/C10H13N3S2/c1-13(2)8-5-3-7(4-6-8)9-11-12-10(14)15-9/h3-6,9,11H,1-2H3,(H,12,14). The van der Waals surface area contributed by atoms with Crippen molar-refractivity contribution >= 4 is 34.0 Å². The topological polar surface area (TPSA) is 27.3 Å². The lowest BCUT2D eigenvalue weighted by Crippen LogP contribution is -2.26. The Morgan fingerprint density at radius 3 is 2.40 bits per heavy atom. The van der Waals surface area contributed by atoms with E-state index in [0.717, 1.165) is 4.32 Å². The van der Waals surface area contributed by atoms with Crippen molar-refractivity contribution in [1.82, 2.24) is 10.9 Å². The normalized spacial score (nSPS) is 20.1. The Balaban J connectivity index is 2.13. The molecule has 0 aromatic heterocycles. The molecule has 1 aliphatic rings. The van der Waals surface area contributed by atoms with Crippen LogP contribution in [0.3, 0.4) is 0 Å². The van der Waals surface area contributed by atoms with E-state index in [2.05, 4.69) is 40.0 Å². The first-order valence-corrected chi connectivity index (χ1v) is 5.95. The predicted octanol–water partition coefficient (Wildman–Crippen LogP) is 1.88. The number of rotatable bonds is 2. The Morgan fingerprint density at radius 2 is 1.93 bits per heavy atom. The summed E-state index contributed by atoms with van der Waals surface area (Å²) in [6.07, 6.45) is 0. The van der Waals surface area contributed by atoms with Gasteiger partial charge in [0.05, 0.1) is 0 Å². The highest BCUT2D eigenvalue weighted by Gasteiger charge is 2.20. The van der Waals surface area contributed by atoms with Gasteiger partial charge in [-0.25, -0.2) is 5.43 Å². The van der Waals surface area contributed by atoms with Crippen LogP contribution in [0.25, 0.3) is 0 Å². The number of nitrogens with zero attached hydrogens (tertiary/aromatic N) is 1. The lowest BCUT2D eigenvalue weighted by Gasteiger charge is -2.14. The van der Waals surface area contributed by atoms with Crippen molar-refractivity contribution < 1.29 is 0 Å². The van der Waals surface area contributed by atoms with Crippen LogP contribution in [0.2, 0.25) is 0 Å². The Hall–Kier alpha value is -0.780. The molecule has 0 radical (unpaired) electrons. The highest BCUT2D eigenvalue weighted by Crippen LogP contribution is 2.30. The van der Waals surface area contributed by atoms with Gasteiger partial charge >= 0.3 is 0 Å². The van der Waals surface area contributed by atoms with E-state index in [4.69, 9.17) is 12.2 Å². The summed E-state index contributed by atoms with van der Waals surface area (Å²) in [6.45, 7) is 0. The van der Waals surface area contributed by atoms with E-state index in [0.29, 0.717) is 0 Å². The SMILES string of the molecule is CN(C)c1ccc(C2NNC(=S)S2)cc1. The van der Waals surface area contributed by atoms with Crippen molar-refractivity contribution in [3.05, 3.63) is 29.8 Å². The average molecular weight is 239 g/mol. The number of hydrogen-bond acceptors (Lipinski definition) is 4. The molecule has 1 aliphatic heterocycles. The number of anilines is 1. The van der Waals surface area contributed by atoms with Gasteiger partial charge in [-0.1, -0.05) is 36.1 Å². The maximum Gasteiger partial charge on any atom is 0.149 e. The van der Waals surface area contributed by atoms with Crippen molar-refractivity contribution in [1.29, 1.82) is 0 Å². The van der Waals surface area contributed by atoms with E-state index in [1.54, 1.807) is 11.8 Å². The Labute approximate surface area is 99.2 Å². The fourth-order valence-corrected chi connectivity index (χ4v) is 2.48. The van der Waals surface area contributed by atoms with Crippen LogP contribution in [-0.2, 0) is 0 Å². The van der Waals surface area contributed by atoms with Crippen molar-refractivity contribution in [2.75, 3.05) is 19.0 Å². The summed E-state index contributed by atoms with van der Waals surface area (Å²) in [7, 11) is 4.07. The Kier molecular flexibility index (Phi) is 3.14. The predicted molar refractivity (Wildman–Crippen MR) is 70.0 cm³/mol. The summed E-state index contributed by atoms with van der Waals surface area (Å²) in [5.74, 6) is 0. The minimum absolute atomic E-state index is 0.230. The molecular weight excluding hydrogens is 226 g/mol. The van der Waals surface area contributed by atoms with Gasteiger partial charge in [0.25, 0.3) is 0 Å². The molecule has 0 amide bonds. The summed E-state index contributed by atoms with van der Waals surface area (Å²) in [5, 5.41) is 0.230. The molecule has 2 N–H and O–H groups in total. The number of thioether (sulfide) groups is 1. The number of thiocarbonyl (C=S) groups is 1. The monoisotopic (exact) mass is 239 g/mol. The molecule has 3 nitrogen and oxygen atoms in total. The van der Waals surface area contributed by atoms with Crippen LogP contribution in [-0.4, -0.2) is 18.4 Å². The lowest BCUT2D eigenvalue weighted by atomic mass is 10.2. The van der Waals surface area contributed by atoms with Gasteiger partial charge < -0.3 is 10.3 Å². The maximum absolute atomic E-state index is 5.04. The van der Waals surface area contributed by atoms with E-state index in [1.165, 1.54) is 11.3 Å². The minimum atomic E-state index is 0.230. The fraction of sp³-hybridized carbons (Fsp3) is 0.300. The zero-order chi connectivity index (χ0) is 10.8.